The second-order valence-electron chi connectivity index (χ2n) is 2.57. The maximum absolute atomic E-state index is 3.91. The van der Waals surface area contributed by atoms with E-state index in [4.69, 9.17) is 0 Å². The number of thioether (sulfide) groups is 1. The van der Waals surface area contributed by atoms with E-state index in [0.29, 0.717) is 6.04 Å². The van der Waals surface area contributed by atoms with Crippen LogP contribution in [0.15, 0.2) is 5.51 Å². The minimum Gasteiger partial charge on any atom is -0.358 e. The van der Waals surface area contributed by atoms with E-state index < -0.39 is 0 Å². The van der Waals surface area contributed by atoms with Gasteiger partial charge in [0, 0.05) is 6.04 Å². The maximum atomic E-state index is 3.91. The predicted molar refractivity (Wildman–Crippen MR) is 56.0 cm³/mol. The van der Waals surface area contributed by atoms with E-state index in [1.165, 1.54) is 12.2 Å². The summed E-state index contributed by atoms with van der Waals surface area (Å²) in [5, 5.41) is 11.9. The van der Waals surface area contributed by atoms with Crippen LogP contribution in [0.4, 0.5) is 5.13 Å². The summed E-state index contributed by atoms with van der Waals surface area (Å²) in [6.07, 6.45) is 3.29. The largest absolute Gasteiger partial charge is 0.358 e. The van der Waals surface area contributed by atoms with Gasteiger partial charge < -0.3 is 5.32 Å². The van der Waals surface area contributed by atoms with Crippen molar-refractivity contribution in [3.8, 4) is 0 Å². The van der Waals surface area contributed by atoms with Gasteiger partial charge in [-0.15, -0.1) is 10.2 Å². The highest BCUT2D eigenvalue weighted by atomic mass is 32.2. The SMILES string of the molecule is CSCCC(C)Nc1nncs1. The monoisotopic (exact) mass is 203 g/mol. The molecule has 0 saturated carbocycles. The van der Waals surface area contributed by atoms with Crippen LogP contribution in [0.3, 0.4) is 0 Å². The van der Waals surface area contributed by atoms with Gasteiger partial charge in [-0.25, -0.2) is 0 Å². The first-order chi connectivity index (χ1) is 5.83. The van der Waals surface area contributed by atoms with Crippen molar-refractivity contribution >= 4 is 28.2 Å². The Kier molecular flexibility index (Phi) is 4.39. The maximum Gasteiger partial charge on any atom is 0.205 e. The number of anilines is 1. The summed E-state index contributed by atoms with van der Waals surface area (Å²) in [5.41, 5.74) is 1.74. The molecule has 0 fully saturated rings. The number of aromatic nitrogens is 2. The Morgan fingerprint density at radius 2 is 2.58 bits per heavy atom. The molecule has 68 valence electrons. The highest BCUT2D eigenvalue weighted by Crippen LogP contribution is 2.11. The molecule has 1 aromatic rings. The van der Waals surface area contributed by atoms with Gasteiger partial charge >= 0.3 is 0 Å². The molecule has 1 rings (SSSR count). The molecule has 0 saturated heterocycles. The van der Waals surface area contributed by atoms with Crippen LogP contribution in [0.1, 0.15) is 13.3 Å². The highest BCUT2D eigenvalue weighted by Gasteiger charge is 2.02. The molecule has 5 heteroatoms. The Balaban J connectivity index is 2.22. The Bertz CT molecular complexity index is 200. The third kappa shape index (κ3) is 3.40. The molecule has 1 heterocycles. The van der Waals surface area contributed by atoms with Gasteiger partial charge in [-0.05, 0) is 25.4 Å². The van der Waals surface area contributed by atoms with Crippen molar-refractivity contribution in [3.63, 3.8) is 0 Å². The van der Waals surface area contributed by atoms with E-state index in [2.05, 4.69) is 28.7 Å². The fourth-order valence-corrected chi connectivity index (χ4v) is 1.96. The second-order valence-corrected chi connectivity index (χ2v) is 4.39. The molecule has 12 heavy (non-hydrogen) atoms. The molecule has 0 bridgehead atoms. The van der Waals surface area contributed by atoms with E-state index in [-0.39, 0.29) is 0 Å². The van der Waals surface area contributed by atoms with Gasteiger partial charge in [-0.3, -0.25) is 0 Å². The number of hydrogen-bond donors (Lipinski definition) is 1. The van der Waals surface area contributed by atoms with Crippen LogP contribution in [0.5, 0.6) is 0 Å². The van der Waals surface area contributed by atoms with Gasteiger partial charge in [0.1, 0.15) is 5.51 Å². The van der Waals surface area contributed by atoms with E-state index in [1.54, 1.807) is 16.8 Å². The summed E-state index contributed by atoms with van der Waals surface area (Å²) in [6.45, 7) is 2.16. The Labute approximate surface area is 81.0 Å². The Morgan fingerprint density at radius 3 is 3.17 bits per heavy atom. The van der Waals surface area contributed by atoms with Crippen molar-refractivity contribution in [1.29, 1.82) is 0 Å². The molecule has 0 aromatic carbocycles. The number of rotatable bonds is 5. The average molecular weight is 203 g/mol. The predicted octanol–water partition coefficient (Wildman–Crippen LogP) is 2.09. The van der Waals surface area contributed by atoms with E-state index in [0.717, 1.165) is 5.13 Å². The van der Waals surface area contributed by atoms with Crippen LogP contribution < -0.4 is 5.32 Å². The topological polar surface area (TPSA) is 37.8 Å². The first-order valence-electron chi connectivity index (χ1n) is 3.84. The number of nitrogens with one attached hydrogen (secondary N) is 1. The second kappa shape index (κ2) is 5.37. The standard InChI is InChI=1S/C7H13N3S2/c1-6(3-4-11-2)9-7-10-8-5-12-7/h5-6H,3-4H2,1-2H3,(H,9,10). The van der Waals surface area contributed by atoms with Crippen molar-refractivity contribution in [3.05, 3.63) is 5.51 Å². The van der Waals surface area contributed by atoms with Crippen molar-refractivity contribution in [2.45, 2.75) is 19.4 Å². The molecule has 1 unspecified atom stereocenters. The van der Waals surface area contributed by atoms with Crippen LogP contribution in [-0.4, -0.2) is 28.2 Å². The third-order valence-corrected chi connectivity index (χ3v) is 2.75. The zero-order valence-electron chi connectivity index (χ0n) is 7.28. The molecular formula is C7H13N3S2. The fourth-order valence-electron chi connectivity index (χ4n) is 0.814. The van der Waals surface area contributed by atoms with Crippen molar-refractivity contribution in [2.75, 3.05) is 17.3 Å². The summed E-state index contributed by atoms with van der Waals surface area (Å²) in [4.78, 5) is 0. The molecule has 0 aliphatic carbocycles. The van der Waals surface area contributed by atoms with Gasteiger partial charge in [-0.1, -0.05) is 11.3 Å². The zero-order valence-corrected chi connectivity index (χ0v) is 8.91. The van der Waals surface area contributed by atoms with Crippen molar-refractivity contribution in [2.24, 2.45) is 0 Å². The summed E-state index contributed by atoms with van der Waals surface area (Å²) in [6, 6.07) is 0.491. The molecular weight excluding hydrogens is 190 g/mol. The summed E-state index contributed by atoms with van der Waals surface area (Å²) in [5.74, 6) is 1.19. The van der Waals surface area contributed by atoms with Crippen molar-refractivity contribution in [1.82, 2.24) is 10.2 Å². The molecule has 0 spiro atoms. The molecule has 1 aromatic heterocycles. The van der Waals surface area contributed by atoms with Crippen LogP contribution in [0.2, 0.25) is 0 Å². The molecule has 3 nitrogen and oxygen atoms in total. The third-order valence-electron chi connectivity index (χ3n) is 1.48. The number of hydrogen-bond acceptors (Lipinski definition) is 5. The first kappa shape index (κ1) is 9.80. The molecule has 0 aliphatic heterocycles. The smallest absolute Gasteiger partial charge is 0.205 e. The zero-order chi connectivity index (χ0) is 8.81. The molecule has 1 atom stereocenters. The van der Waals surface area contributed by atoms with E-state index >= 15 is 0 Å². The van der Waals surface area contributed by atoms with Crippen LogP contribution in [0, 0.1) is 0 Å². The first-order valence-corrected chi connectivity index (χ1v) is 6.12. The van der Waals surface area contributed by atoms with Crippen LogP contribution >= 0.6 is 23.1 Å². The lowest BCUT2D eigenvalue weighted by atomic mass is 10.3. The van der Waals surface area contributed by atoms with Crippen molar-refractivity contribution < 1.29 is 0 Å². The molecule has 0 radical (unpaired) electrons. The summed E-state index contributed by atoms with van der Waals surface area (Å²) in [7, 11) is 0. The Hall–Kier alpha value is -0.290. The van der Waals surface area contributed by atoms with E-state index in [1.807, 2.05) is 11.8 Å². The highest BCUT2D eigenvalue weighted by molar-refractivity contribution is 7.98. The van der Waals surface area contributed by atoms with Gasteiger partial charge in [0.25, 0.3) is 0 Å². The lowest BCUT2D eigenvalue weighted by molar-refractivity contribution is 0.768. The van der Waals surface area contributed by atoms with Gasteiger partial charge in [0.05, 0.1) is 0 Å². The lowest BCUT2D eigenvalue weighted by Gasteiger charge is -2.10. The fraction of sp³-hybridized carbons (Fsp3) is 0.714. The van der Waals surface area contributed by atoms with Gasteiger partial charge in [0.2, 0.25) is 5.13 Å². The molecule has 0 amide bonds. The molecule has 0 aliphatic rings. The normalized spacial score (nSPS) is 12.8. The molecule has 1 N–H and O–H groups in total. The lowest BCUT2D eigenvalue weighted by Crippen LogP contribution is -2.15. The van der Waals surface area contributed by atoms with Gasteiger partial charge in [0.15, 0.2) is 0 Å². The van der Waals surface area contributed by atoms with Crippen LogP contribution in [-0.2, 0) is 0 Å². The minimum atomic E-state index is 0.491. The van der Waals surface area contributed by atoms with E-state index in [9.17, 15) is 0 Å². The average Bonchev–Trinajstić information content (AvgIpc) is 2.53. The minimum absolute atomic E-state index is 0.491. The van der Waals surface area contributed by atoms with Gasteiger partial charge in [-0.2, -0.15) is 11.8 Å². The summed E-state index contributed by atoms with van der Waals surface area (Å²) >= 11 is 3.41. The summed E-state index contributed by atoms with van der Waals surface area (Å²) < 4.78 is 0. The number of nitrogens with zero attached hydrogens (tertiary/aromatic N) is 2. The van der Waals surface area contributed by atoms with Crippen LogP contribution in [0.25, 0.3) is 0 Å². The quantitative estimate of drug-likeness (QED) is 0.795. The Morgan fingerprint density at radius 1 is 1.75 bits per heavy atom.